The molecule has 0 aliphatic heterocycles. The van der Waals surface area contributed by atoms with Gasteiger partial charge in [-0.3, -0.25) is 9.78 Å². The van der Waals surface area contributed by atoms with Gasteiger partial charge in [-0.05, 0) is 55.3 Å². The number of pyridine rings is 1. The van der Waals surface area contributed by atoms with Crippen LogP contribution in [0.5, 0.6) is 0 Å². The number of benzene rings is 1. The molecule has 3 aromatic rings. The van der Waals surface area contributed by atoms with E-state index in [1.54, 1.807) is 24.5 Å². The molecule has 3 rings (SSSR count). The minimum atomic E-state index is -0.165. The molecule has 1 aromatic carbocycles. The van der Waals surface area contributed by atoms with Crippen molar-refractivity contribution in [3.05, 3.63) is 71.8 Å². The molecular formula is C21H24N4O. The van der Waals surface area contributed by atoms with Gasteiger partial charge in [0.15, 0.2) is 0 Å². The highest BCUT2D eigenvalue weighted by Crippen LogP contribution is 2.18. The lowest BCUT2D eigenvalue weighted by atomic mass is 10.2. The predicted molar refractivity (Wildman–Crippen MR) is 104 cm³/mol. The largest absolute Gasteiger partial charge is 0.322 e. The van der Waals surface area contributed by atoms with Crippen LogP contribution in [0.4, 0.5) is 5.69 Å². The van der Waals surface area contributed by atoms with E-state index in [9.17, 15) is 4.79 Å². The summed E-state index contributed by atoms with van der Waals surface area (Å²) in [6.45, 7) is 4.34. The Morgan fingerprint density at radius 1 is 1.08 bits per heavy atom. The third-order valence-electron chi connectivity index (χ3n) is 4.14. The third-order valence-corrected chi connectivity index (χ3v) is 4.14. The minimum absolute atomic E-state index is 0.165. The van der Waals surface area contributed by atoms with Crippen molar-refractivity contribution < 1.29 is 4.79 Å². The van der Waals surface area contributed by atoms with Crippen LogP contribution in [0.25, 0.3) is 5.69 Å². The first-order valence-electron chi connectivity index (χ1n) is 9.11. The van der Waals surface area contributed by atoms with E-state index in [1.807, 2.05) is 28.9 Å². The summed E-state index contributed by atoms with van der Waals surface area (Å²) in [5.74, 6) is -0.165. The lowest BCUT2D eigenvalue weighted by Crippen LogP contribution is -2.12. The molecule has 0 aliphatic carbocycles. The first kappa shape index (κ1) is 17.9. The van der Waals surface area contributed by atoms with Gasteiger partial charge < -0.3 is 5.32 Å². The third kappa shape index (κ3) is 4.17. The highest BCUT2D eigenvalue weighted by atomic mass is 16.1. The maximum atomic E-state index is 12.2. The Morgan fingerprint density at radius 2 is 1.85 bits per heavy atom. The van der Waals surface area contributed by atoms with Crippen LogP contribution in [0.1, 0.15) is 48.4 Å². The molecule has 0 radical (unpaired) electrons. The van der Waals surface area contributed by atoms with E-state index in [0.717, 1.165) is 42.8 Å². The average Bonchev–Trinajstić information content (AvgIpc) is 3.06. The topological polar surface area (TPSA) is 59.8 Å². The highest BCUT2D eigenvalue weighted by Gasteiger charge is 2.10. The van der Waals surface area contributed by atoms with Crippen LogP contribution < -0.4 is 5.32 Å². The monoisotopic (exact) mass is 348 g/mol. The average molecular weight is 348 g/mol. The predicted octanol–water partition coefficient (Wildman–Crippen LogP) is 4.42. The van der Waals surface area contributed by atoms with Gasteiger partial charge in [0.2, 0.25) is 0 Å². The van der Waals surface area contributed by atoms with Crippen LogP contribution in [0.15, 0.2) is 54.9 Å². The van der Waals surface area contributed by atoms with Crippen LogP contribution in [-0.2, 0) is 12.8 Å². The van der Waals surface area contributed by atoms with E-state index in [2.05, 4.69) is 30.2 Å². The number of rotatable bonds is 7. The zero-order chi connectivity index (χ0) is 18.4. The Morgan fingerprint density at radius 3 is 2.50 bits per heavy atom. The molecule has 5 nitrogen and oxygen atoms in total. The molecule has 26 heavy (non-hydrogen) atoms. The number of hydrogen-bond acceptors (Lipinski definition) is 3. The van der Waals surface area contributed by atoms with Crippen molar-refractivity contribution in [3.63, 3.8) is 0 Å². The van der Waals surface area contributed by atoms with Gasteiger partial charge in [0.1, 0.15) is 0 Å². The Labute approximate surface area is 154 Å². The number of amides is 1. The van der Waals surface area contributed by atoms with Crippen molar-refractivity contribution in [3.8, 4) is 5.69 Å². The summed E-state index contributed by atoms with van der Waals surface area (Å²) in [4.78, 5) is 16.2. The van der Waals surface area contributed by atoms with Crippen LogP contribution in [0, 0.1) is 0 Å². The van der Waals surface area contributed by atoms with Gasteiger partial charge in [0.05, 0.1) is 16.9 Å². The summed E-state index contributed by atoms with van der Waals surface area (Å²) >= 11 is 0. The molecular weight excluding hydrogens is 324 g/mol. The first-order chi connectivity index (χ1) is 12.7. The van der Waals surface area contributed by atoms with E-state index in [4.69, 9.17) is 5.10 Å². The Balaban J connectivity index is 1.78. The van der Waals surface area contributed by atoms with E-state index in [-0.39, 0.29) is 5.91 Å². The van der Waals surface area contributed by atoms with Crippen molar-refractivity contribution in [2.45, 2.75) is 39.5 Å². The van der Waals surface area contributed by atoms with Crippen LogP contribution in [-0.4, -0.2) is 20.7 Å². The fourth-order valence-electron chi connectivity index (χ4n) is 2.90. The number of hydrogen-bond donors (Lipinski definition) is 1. The molecule has 1 N–H and O–H groups in total. The summed E-state index contributed by atoms with van der Waals surface area (Å²) in [7, 11) is 0. The zero-order valence-corrected chi connectivity index (χ0v) is 15.3. The van der Waals surface area contributed by atoms with Gasteiger partial charge in [-0.15, -0.1) is 0 Å². The lowest BCUT2D eigenvalue weighted by Gasteiger charge is -2.09. The summed E-state index contributed by atoms with van der Waals surface area (Å²) < 4.78 is 2.02. The maximum Gasteiger partial charge on any atom is 0.257 e. The summed E-state index contributed by atoms with van der Waals surface area (Å²) in [6.07, 6.45) is 7.35. The number of nitrogens with zero attached hydrogens (tertiary/aromatic N) is 3. The molecule has 0 bridgehead atoms. The molecule has 2 heterocycles. The van der Waals surface area contributed by atoms with E-state index < -0.39 is 0 Å². The molecule has 0 saturated heterocycles. The highest BCUT2D eigenvalue weighted by molar-refractivity contribution is 6.04. The van der Waals surface area contributed by atoms with E-state index >= 15 is 0 Å². The van der Waals surface area contributed by atoms with Crippen molar-refractivity contribution in [1.82, 2.24) is 14.8 Å². The fraction of sp³-hybridized carbons (Fsp3) is 0.286. The van der Waals surface area contributed by atoms with Gasteiger partial charge in [0, 0.05) is 23.8 Å². The lowest BCUT2D eigenvalue weighted by molar-refractivity contribution is 0.102. The van der Waals surface area contributed by atoms with Gasteiger partial charge in [0.25, 0.3) is 5.91 Å². The molecule has 0 saturated carbocycles. The maximum absolute atomic E-state index is 12.2. The molecule has 0 fully saturated rings. The molecule has 0 atom stereocenters. The molecule has 5 heteroatoms. The normalized spacial score (nSPS) is 10.7. The Kier molecular flexibility index (Phi) is 5.79. The smallest absolute Gasteiger partial charge is 0.257 e. The number of aryl methyl sites for hydroxylation is 2. The van der Waals surface area contributed by atoms with Crippen molar-refractivity contribution in [1.29, 1.82) is 0 Å². The summed E-state index contributed by atoms with van der Waals surface area (Å²) in [5.41, 5.74) is 4.65. The summed E-state index contributed by atoms with van der Waals surface area (Å²) in [6, 6.07) is 13.5. The standard InChI is InChI=1S/C21H24N4O/c1-3-6-18-14-20(7-4-2)25(24-18)19-11-9-17(10-12-19)23-21(26)16-8-5-13-22-15-16/h5,8-15H,3-4,6-7H2,1-2H3,(H,23,26). The molecule has 0 unspecified atom stereocenters. The van der Waals surface area contributed by atoms with E-state index in [0.29, 0.717) is 5.56 Å². The molecule has 2 aromatic heterocycles. The zero-order valence-electron chi connectivity index (χ0n) is 15.3. The molecule has 134 valence electrons. The van der Waals surface area contributed by atoms with Gasteiger partial charge >= 0.3 is 0 Å². The van der Waals surface area contributed by atoms with Crippen molar-refractivity contribution in [2.24, 2.45) is 0 Å². The van der Waals surface area contributed by atoms with Crippen LogP contribution >= 0.6 is 0 Å². The van der Waals surface area contributed by atoms with E-state index in [1.165, 1.54) is 5.69 Å². The summed E-state index contributed by atoms with van der Waals surface area (Å²) in [5, 5.41) is 7.64. The molecule has 1 amide bonds. The Bertz CT molecular complexity index is 853. The van der Waals surface area contributed by atoms with Crippen molar-refractivity contribution >= 4 is 11.6 Å². The first-order valence-corrected chi connectivity index (χ1v) is 9.11. The van der Waals surface area contributed by atoms with Crippen LogP contribution in [0.3, 0.4) is 0 Å². The molecule has 0 spiro atoms. The minimum Gasteiger partial charge on any atom is -0.322 e. The second-order valence-electron chi connectivity index (χ2n) is 6.28. The van der Waals surface area contributed by atoms with Gasteiger partial charge in [-0.1, -0.05) is 26.7 Å². The molecule has 0 aliphatic rings. The fourth-order valence-corrected chi connectivity index (χ4v) is 2.90. The number of aromatic nitrogens is 3. The second kappa shape index (κ2) is 8.43. The quantitative estimate of drug-likeness (QED) is 0.687. The Hall–Kier alpha value is -2.95. The SMILES string of the molecule is CCCc1cc(CCC)n(-c2ccc(NC(=O)c3cccnc3)cc2)n1. The number of carbonyl (C=O) groups is 1. The van der Waals surface area contributed by atoms with Crippen LogP contribution in [0.2, 0.25) is 0 Å². The second-order valence-corrected chi connectivity index (χ2v) is 6.28. The van der Waals surface area contributed by atoms with Gasteiger partial charge in [-0.2, -0.15) is 5.10 Å². The number of carbonyl (C=O) groups excluding carboxylic acids is 1. The van der Waals surface area contributed by atoms with Crippen molar-refractivity contribution in [2.75, 3.05) is 5.32 Å². The number of nitrogens with one attached hydrogen (secondary N) is 1. The number of anilines is 1. The van der Waals surface area contributed by atoms with Gasteiger partial charge in [-0.25, -0.2) is 4.68 Å².